The summed E-state index contributed by atoms with van der Waals surface area (Å²) >= 11 is 0. The minimum absolute atomic E-state index is 0.0243. The van der Waals surface area contributed by atoms with Gasteiger partial charge in [-0.25, -0.2) is 4.39 Å². The molecule has 0 unspecified atom stereocenters. The average molecular weight is 547 g/mol. The van der Waals surface area contributed by atoms with E-state index in [1.807, 2.05) is 80.6 Å². The summed E-state index contributed by atoms with van der Waals surface area (Å²) < 4.78 is 25.9. The molecule has 0 spiro atoms. The molecule has 3 aromatic carbocycles. The van der Waals surface area contributed by atoms with E-state index in [0.29, 0.717) is 37.9 Å². The van der Waals surface area contributed by atoms with E-state index in [1.165, 1.54) is 12.1 Å². The fourth-order valence-corrected chi connectivity index (χ4v) is 5.86. The van der Waals surface area contributed by atoms with Gasteiger partial charge in [0.2, 0.25) is 5.91 Å². The van der Waals surface area contributed by atoms with E-state index in [2.05, 4.69) is 0 Å². The van der Waals surface area contributed by atoms with Gasteiger partial charge in [-0.05, 0) is 54.5 Å². The molecule has 0 aromatic heterocycles. The number of esters is 1. The van der Waals surface area contributed by atoms with Crippen LogP contribution in [0.15, 0.2) is 84.9 Å². The van der Waals surface area contributed by atoms with Crippen LogP contribution >= 0.6 is 0 Å². The summed E-state index contributed by atoms with van der Waals surface area (Å²) in [5.74, 6) is -1.02. The van der Waals surface area contributed by atoms with E-state index in [9.17, 15) is 14.0 Å². The minimum Gasteiger partial charge on any atom is -0.460 e. The largest absolute Gasteiger partial charge is 0.460 e. The second kappa shape index (κ2) is 13.7. The molecule has 40 heavy (non-hydrogen) atoms. The van der Waals surface area contributed by atoms with Crippen molar-refractivity contribution in [2.75, 3.05) is 6.61 Å². The maximum atomic E-state index is 14.3. The third-order valence-electron chi connectivity index (χ3n) is 8.12. The molecule has 3 atom stereocenters. The van der Waals surface area contributed by atoms with Gasteiger partial charge in [0.15, 0.2) is 0 Å². The lowest BCUT2D eigenvalue weighted by Crippen LogP contribution is -2.56. The minimum atomic E-state index is -0.938. The number of ether oxygens (including phenoxy) is 2. The highest BCUT2D eigenvalue weighted by molar-refractivity contribution is 5.85. The number of carbonyl (C=O) groups excluding carboxylic acids is 2. The summed E-state index contributed by atoms with van der Waals surface area (Å²) in [7, 11) is 0. The highest BCUT2D eigenvalue weighted by Crippen LogP contribution is 2.47. The van der Waals surface area contributed by atoms with Crippen molar-refractivity contribution >= 4 is 11.9 Å². The van der Waals surface area contributed by atoms with Crippen molar-refractivity contribution in [3.05, 3.63) is 107 Å². The first-order valence-electron chi connectivity index (χ1n) is 14.1. The van der Waals surface area contributed by atoms with Crippen LogP contribution in [-0.2, 0) is 32.3 Å². The SMILES string of the molecule is CCC(CC)(C(=O)OCc1ccccc1)[C@H]1CC[C@@H](c2cccc(F)c2)N1C(=O)[C@H](N)COCc1ccccc1. The second-order valence-electron chi connectivity index (χ2n) is 10.4. The topological polar surface area (TPSA) is 81.9 Å². The molecule has 212 valence electrons. The maximum absolute atomic E-state index is 14.3. The monoisotopic (exact) mass is 546 g/mol. The Bertz CT molecular complexity index is 1250. The van der Waals surface area contributed by atoms with E-state index < -0.39 is 23.5 Å². The molecule has 3 aromatic rings. The molecule has 7 heteroatoms. The molecule has 2 N–H and O–H groups in total. The molecule has 0 aliphatic carbocycles. The van der Waals surface area contributed by atoms with Crippen LogP contribution in [0, 0.1) is 11.2 Å². The van der Waals surface area contributed by atoms with Gasteiger partial charge in [0.1, 0.15) is 18.5 Å². The fraction of sp³-hybridized carbons (Fsp3) is 0.394. The van der Waals surface area contributed by atoms with Gasteiger partial charge in [0.05, 0.1) is 24.7 Å². The van der Waals surface area contributed by atoms with Gasteiger partial charge in [-0.3, -0.25) is 9.59 Å². The standard InChI is InChI=1S/C33H39FN2O4/c1-3-33(4-2,32(38)40-22-25-14-9-6-10-15-25)30-19-18-29(26-16-11-17-27(34)20-26)36(30)31(37)28(35)23-39-21-24-12-7-5-8-13-24/h5-17,20,28-30H,3-4,18-19,21-23,35H2,1-2H3/t28-,29+,30-/m1/s1. The Hall–Kier alpha value is -3.55. The summed E-state index contributed by atoms with van der Waals surface area (Å²) in [6, 6.07) is 23.7. The molecule has 0 radical (unpaired) electrons. The Morgan fingerprint density at radius 1 is 0.925 bits per heavy atom. The van der Waals surface area contributed by atoms with Crippen LogP contribution in [0.5, 0.6) is 0 Å². The van der Waals surface area contributed by atoms with Gasteiger partial charge >= 0.3 is 5.97 Å². The number of nitrogens with two attached hydrogens (primary N) is 1. The van der Waals surface area contributed by atoms with Crippen molar-refractivity contribution in [3.8, 4) is 0 Å². The summed E-state index contributed by atoms with van der Waals surface area (Å²) in [4.78, 5) is 29.5. The van der Waals surface area contributed by atoms with Crippen LogP contribution in [0.3, 0.4) is 0 Å². The molecule has 4 rings (SSSR count). The number of halogens is 1. The lowest BCUT2D eigenvalue weighted by molar-refractivity contribution is -0.165. The van der Waals surface area contributed by atoms with Crippen LogP contribution in [0.25, 0.3) is 0 Å². The van der Waals surface area contributed by atoms with Crippen LogP contribution in [0.4, 0.5) is 4.39 Å². The van der Waals surface area contributed by atoms with Crippen molar-refractivity contribution in [2.24, 2.45) is 11.1 Å². The predicted molar refractivity (Wildman–Crippen MR) is 152 cm³/mol. The third-order valence-corrected chi connectivity index (χ3v) is 8.12. The molecule has 1 saturated heterocycles. The van der Waals surface area contributed by atoms with Crippen LogP contribution < -0.4 is 5.73 Å². The second-order valence-corrected chi connectivity index (χ2v) is 10.4. The Morgan fingerprint density at radius 3 is 2.15 bits per heavy atom. The molecule has 1 heterocycles. The number of nitrogens with zero attached hydrogens (tertiary/aromatic N) is 1. The summed E-state index contributed by atoms with van der Waals surface area (Å²) in [5.41, 5.74) is 8.06. The van der Waals surface area contributed by atoms with Crippen molar-refractivity contribution in [1.82, 2.24) is 4.90 Å². The number of benzene rings is 3. The summed E-state index contributed by atoms with van der Waals surface area (Å²) in [5, 5.41) is 0. The number of hydrogen-bond donors (Lipinski definition) is 1. The lowest BCUT2D eigenvalue weighted by atomic mass is 9.74. The average Bonchev–Trinajstić information content (AvgIpc) is 3.43. The van der Waals surface area contributed by atoms with Crippen LogP contribution in [0.1, 0.15) is 62.3 Å². The Kier molecular flexibility index (Phi) is 10.1. The fourth-order valence-electron chi connectivity index (χ4n) is 5.86. The quantitative estimate of drug-likeness (QED) is 0.284. The first-order valence-corrected chi connectivity index (χ1v) is 14.1. The first-order chi connectivity index (χ1) is 19.4. The molecule has 0 bridgehead atoms. The molecule has 1 aliphatic heterocycles. The van der Waals surface area contributed by atoms with Crippen molar-refractivity contribution in [2.45, 2.75) is 70.9 Å². The summed E-state index contributed by atoms with van der Waals surface area (Å²) in [6.45, 7) is 4.42. The number of likely N-dealkylation sites (tertiary alicyclic amines) is 1. The van der Waals surface area contributed by atoms with Gasteiger partial charge in [-0.1, -0.05) is 86.6 Å². The van der Waals surface area contributed by atoms with Gasteiger partial charge in [0, 0.05) is 6.04 Å². The third kappa shape index (κ3) is 6.60. The van der Waals surface area contributed by atoms with Gasteiger partial charge in [-0.2, -0.15) is 0 Å². The van der Waals surface area contributed by atoms with E-state index in [-0.39, 0.29) is 30.9 Å². The van der Waals surface area contributed by atoms with Gasteiger partial charge in [0.25, 0.3) is 0 Å². The van der Waals surface area contributed by atoms with Crippen LogP contribution in [0.2, 0.25) is 0 Å². The lowest BCUT2D eigenvalue weighted by Gasteiger charge is -2.42. The Morgan fingerprint density at radius 2 is 1.55 bits per heavy atom. The van der Waals surface area contributed by atoms with Crippen LogP contribution in [-0.4, -0.2) is 35.5 Å². The predicted octanol–water partition coefficient (Wildman–Crippen LogP) is 5.95. The first kappa shape index (κ1) is 29.4. The molecule has 6 nitrogen and oxygen atoms in total. The number of amides is 1. The molecule has 1 amide bonds. The van der Waals surface area contributed by atoms with E-state index in [0.717, 1.165) is 11.1 Å². The van der Waals surface area contributed by atoms with E-state index >= 15 is 0 Å². The zero-order valence-corrected chi connectivity index (χ0v) is 23.3. The normalized spacial score (nSPS) is 17.9. The summed E-state index contributed by atoms with van der Waals surface area (Å²) in [6.07, 6.45) is 2.14. The molecule has 1 aliphatic rings. The molecule has 1 fully saturated rings. The number of carbonyl (C=O) groups is 2. The van der Waals surface area contributed by atoms with Crippen molar-refractivity contribution < 1.29 is 23.5 Å². The van der Waals surface area contributed by atoms with E-state index in [4.69, 9.17) is 15.2 Å². The highest BCUT2D eigenvalue weighted by atomic mass is 19.1. The van der Waals surface area contributed by atoms with Crippen molar-refractivity contribution in [1.29, 1.82) is 0 Å². The molecular formula is C33H39FN2O4. The zero-order chi connectivity index (χ0) is 28.5. The molecular weight excluding hydrogens is 507 g/mol. The Balaban J connectivity index is 1.59. The number of rotatable bonds is 12. The van der Waals surface area contributed by atoms with Gasteiger partial charge in [-0.15, -0.1) is 0 Å². The van der Waals surface area contributed by atoms with Gasteiger partial charge < -0.3 is 20.1 Å². The Labute approximate surface area is 236 Å². The maximum Gasteiger partial charge on any atom is 0.314 e. The molecule has 0 saturated carbocycles. The van der Waals surface area contributed by atoms with Crippen molar-refractivity contribution in [3.63, 3.8) is 0 Å². The zero-order valence-electron chi connectivity index (χ0n) is 23.3. The highest BCUT2D eigenvalue weighted by Gasteiger charge is 2.53. The number of hydrogen-bond acceptors (Lipinski definition) is 5. The van der Waals surface area contributed by atoms with E-state index in [1.54, 1.807) is 11.0 Å². The smallest absolute Gasteiger partial charge is 0.314 e.